The lowest BCUT2D eigenvalue weighted by Crippen LogP contribution is -2.34. The van der Waals surface area contributed by atoms with Crippen molar-refractivity contribution in [2.75, 3.05) is 0 Å². The predicted octanol–water partition coefficient (Wildman–Crippen LogP) is 4.14. The maximum Gasteiger partial charge on any atom is 0.343 e. The molecule has 112 valence electrons. The smallest absolute Gasteiger partial charge is 0.343 e. The zero-order valence-electron chi connectivity index (χ0n) is 13.0. The van der Waals surface area contributed by atoms with Crippen LogP contribution >= 0.6 is 0 Å². The van der Waals surface area contributed by atoms with Crippen molar-refractivity contribution >= 4 is 11.5 Å². The molecule has 1 aliphatic carbocycles. The molecular formula is C18H22O3. The highest BCUT2D eigenvalue weighted by atomic mass is 16.6. The maximum absolute atomic E-state index is 12.4. The molecule has 1 spiro atoms. The summed E-state index contributed by atoms with van der Waals surface area (Å²) in [4.78, 5) is 12.4. The van der Waals surface area contributed by atoms with Crippen LogP contribution in [0.2, 0.25) is 0 Å². The number of carbonyl (C=O) groups excluding carboxylic acids is 1. The monoisotopic (exact) mass is 286 g/mol. The highest BCUT2D eigenvalue weighted by molar-refractivity contribution is 6.20. The fourth-order valence-electron chi connectivity index (χ4n) is 3.86. The van der Waals surface area contributed by atoms with Crippen LogP contribution < -0.4 is 0 Å². The number of carbonyl (C=O) groups is 1. The van der Waals surface area contributed by atoms with E-state index in [4.69, 9.17) is 4.74 Å². The van der Waals surface area contributed by atoms with Crippen molar-refractivity contribution in [3.63, 3.8) is 0 Å². The summed E-state index contributed by atoms with van der Waals surface area (Å²) in [5, 5.41) is 10.7. The molecule has 1 aliphatic heterocycles. The van der Waals surface area contributed by atoms with Crippen LogP contribution in [0.3, 0.4) is 0 Å². The Morgan fingerprint density at radius 2 is 1.62 bits per heavy atom. The van der Waals surface area contributed by atoms with E-state index >= 15 is 0 Å². The summed E-state index contributed by atoms with van der Waals surface area (Å²) in [5.41, 5.74) is 3.65. The minimum atomic E-state index is -0.756. The number of hydrogen-bond acceptors (Lipinski definition) is 3. The molecule has 1 N–H and O–H groups in total. The van der Waals surface area contributed by atoms with E-state index in [1.54, 1.807) is 0 Å². The number of benzene rings is 1. The highest BCUT2D eigenvalue weighted by Crippen LogP contribution is 2.46. The summed E-state index contributed by atoms with van der Waals surface area (Å²) < 4.78 is 5.65. The Labute approximate surface area is 125 Å². The van der Waals surface area contributed by atoms with E-state index < -0.39 is 5.60 Å². The van der Waals surface area contributed by atoms with E-state index in [0.717, 1.165) is 54.4 Å². The van der Waals surface area contributed by atoms with Gasteiger partial charge in [0.15, 0.2) is 11.4 Å². The average Bonchev–Trinajstić information content (AvgIpc) is 2.63. The third-order valence-electron chi connectivity index (χ3n) is 4.75. The lowest BCUT2D eigenvalue weighted by molar-refractivity contribution is -0.149. The number of rotatable bonds is 1. The van der Waals surface area contributed by atoms with Gasteiger partial charge in [-0.1, -0.05) is 24.1 Å². The second kappa shape index (κ2) is 4.90. The van der Waals surface area contributed by atoms with Crippen molar-refractivity contribution < 1.29 is 14.6 Å². The van der Waals surface area contributed by atoms with Gasteiger partial charge >= 0.3 is 5.97 Å². The molecule has 0 bridgehead atoms. The van der Waals surface area contributed by atoms with Gasteiger partial charge in [-0.2, -0.15) is 0 Å². The molecule has 1 aromatic carbocycles. The Balaban J connectivity index is 2.15. The molecule has 0 atom stereocenters. The van der Waals surface area contributed by atoms with Crippen molar-refractivity contribution in [1.29, 1.82) is 0 Å². The van der Waals surface area contributed by atoms with Gasteiger partial charge in [-0.25, -0.2) is 4.79 Å². The molecule has 3 nitrogen and oxygen atoms in total. The summed E-state index contributed by atoms with van der Waals surface area (Å²) >= 11 is 0. The first kappa shape index (κ1) is 14.2. The summed E-state index contributed by atoms with van der Waals surface area (Å²) in [6.45, 7) is 6.00. The van der Waals surface area contributed by atoms with Gasteiger partial charge in [-0.05, 0) is 63.1 Å². The van der Waals surface area contributed by atoms with Gasteiger partial charge in [-0.3, -0.25) is 0 Å². The van der Waals surface area contributed by atoms with Gasteiger partial charge in [0.1, 0.15) is 5.57 Å². The standard InChI is InChI=1S/C18H22O3/c1-11-9-12(2)14(13(3)10-11)15-16(19)18(21-17(15)20)7-5-4-6-8-18/h9-10,19H,4-8H2,1-3H3. The summed E-state index contributed by atoms with van der Waals surface area (Å²) in [5.74, 6) is -0.216. The molecule has 3 rings (SSSR count). The van der Waals surface area contributed by atoms with Gasteiger partial charge in [0, 0.05) is 0 Å². The normalized spacial score (nSPS) is 21.0. The quantitative estimate of drug-likeness (QED) is 0.789. The van der Waals surface area contributed by atoms with Crippen molar-refractivity contribution in [1.82, 2.24) is 0 Å². The van der Waals surface area contributed by atoms with Gasteiger partial charge in [0.05, 0.1) is 0 Å². The third kappa shape index (κ3) is 2.15. The molecule has 1 heterocycles. The molecule has 1 saturated carbocycles. The van der Waals surface area contributed by atoms with E-state index in [0.29, 0.717) is 5.57 Å². The van der Waals surface area contributed by atoms with E-state index in [9.17, 15) is 9.90 Å². The van der Waals surface area contributed by atoms with Crippen LogP contribution in [-0.4, -0.2) is 16.7 Å². The molecule has 0 saturated heterocycles. The van der Waals surface area contributed by atoms with Gasteiger partial charge in [-0.15, -0.1) is 0 Å². The second-order valence-corrected chi connectivity index (χ2v) is 6.44. The predicted molar refractivity (Wildman–Crippen MR) is 82.1 cm³/mol. The summed E-state index contributed by atoms with van der Waals surface area (Å²) in [6, 6.07) is 4.09. The van der Waals surface area contributed by atoms with Crippen molar-refractivity contribution in [2.24, 2.45) is 0 Å². The number of esters is 1. The molecule has 2 aliphatic rings. The zero-order chi connectivity index (χ0) is 15.2. The average molecular weight is 286 g/mol. The fraction of sp³-hybridized carbons (Fsp3) is 0.500. The largest absolute Gasteiger partial charge is 0.507 e. The third-order valence-corrected chi connectivity index (χ3v) is 4.75. The SMILES string of the molecule is Cc1cc(C)c(C2=C(O)C3(CCCCC3)OC2=O)c(C)c1. The number of hydrogen-bond donors (Lipinski definition) is 1. The summed E-state index contributed by atoms with van der Waals surface area (Å²) in [6.07, 6.45) is 4.60. The van der Waals surface area contributed by atoms with Gasteiger partial charge in [0.2, 0.25) is 0 Å². The van der Waals surface area contributed by atoms with Crippen LogP contribution in [0.25, 0.3) is 5.57 Å². The number of aliphatic hydroxyl groups excluding tert-OH is 1. The molecule has 3 heteroatoms. The van der Waals surface area contributed by atoms with Crippen molar-refractivity contribution in [3.8, 4) is 0 Å². The Kier molecular flexibility index (Phi) is 3.31. The van der Waals surface area contributed by atoms with Crippen LogP contribution in [0.1, 0.15) is 54.4 Å². The zero-order valence-corrected chi connectivity index (χ0v) is 13.0. The lowest BCUT2D eigenvalue weighted by Gasteiger charge is -2.31. The van der Waals surface area contributed by atoms with Crippen LogP contribution in [0.15, 0.2) is 17.9 Å². The van der Waals surface area contributed by atoms with Crippen LogP contribution in [0.5, 0.6) is 0 Å². The fourth-order valence-corrected chi connectivity index (χ4v) is 3.86. The molecule has 0 radical (unpaired) electrons. The number of aliphatic hydroxyl groups is 1. The van der Waals surface area contributed by atoms with Crippen LogP contribution in [-0.2, 0) is 9.53 Å². The number of ether oxygens (including phenoxy) is 1. The molecule has 21 heavy (non-hydrogen) atoms. The molecule has 0 amide bonds. The minimum absolute atomic E-state index is 0.155. The Morgan fingerprint density at radius 1 is 1.05 bits per heavy atom. The lowest BCUT2D eigenvalue weighted by atomic mass is 9.82. The van der Waals surface area contributed by atoms with E-state index in [1.165, 1.54) is 0 Å². The topological polar surface area (TPSA) is 46.5 Å². The maximum atomic E-state index is 12.4. The first-order chi connectivity index (χ1) is 9.94. The summed E-state index contributed by atoms with van der Waals surface area (Å²) in [7, 11) is 0. The first-order valence-electron chi connectivity index (χ1n) is 7.70. The van der Waals surface area contributed by atoms with E-state index in [2.05, 4.69) is 0 Å². The Bertz CT molecular complexity index is 611. The molecule has 0 aromatic heterocycles. The van der Waals surface area contributed by atoms with Crippen LogP contribution in [0.4, 0.5) is 0 Å². The van der Waals surface area contributed by atoms with Gasteiger partial charge < -0.3 is 9.84 Å². The first-order valence-corrected chi connectivity index (χ1v) is 7.70. The van der Waals surface area contributed by atoms with E-state index in [1.807, 2.05) is 32.9 Å². The Hall–Kier alpha value is -1.77. The second-order valence-electron chi connectivity index (χ2n) is 6.44. The Morgan fingerprint density at radius 3 is 2.19 bits per heavy atom. The van der Waals surface area contributed by atoms with E-state index in [-0.39, 0.29) is 11.7 Å². The molecule has 1 aromatic rings. The van der Waals surface area contributed by atoms with Gasteiger partial charge in [0.25, 0.3) is 0 Å². The van der Waals surface area contributed by atoms with Crippen molar-refractivity contribution in [3.05, 3.63) is 40.1 Å². The molecule has 1 fully saturated rings. The number of aryl methyl sites for hydroxylation is 3. The minimum Gasteiger partial charge on any atom is -0.507 e. The van der Waals surface area contributed by atoms with Crippen LogP contribution in [0, 0.1) is 20.8 Å². The molecular weight excluding hydrogens is 264 g/mol. The van der Waals surface area contributed by atoms with Crippen molar-refractivity contribution in [2.45, 2.75) is 58.5 Å². The molecule has 0 unspecified atom stereocenters. The highest BCUT2D eigenvalue weighted by Gasteiger charge is 2.49.